The highest BCUT2D eigenvalue weighted by molar-refractivity contribution is 5.84. The van der Waals surface area contributed by atoms with Crippen molar-refractivity contribution in [2.45, 2.75) is 39.7 Å². The second-order valence-electron chi connectivity index (χ2n) is 5.78. The van der Waals surface area contributed by atoms with Crippen LogP contribution in [0.25, 0.3) is 0 Å². The first-order chi connectivity index (χ1) is 8.44. The molecular formula is C14H21NO3. The smallest absolute Gasteiger partial charge is 0.407 e. The number of carbonyl (C=O) groups excluding carboxylic acids is 2. The molecule has 0 aromatic heterocycles. The first-order valence-electron chi connectivity index (χ1n) is 6.56. The van der Waals surface area contributed by atoms with E-state index in [4.69, 9.17) is 4.74 Å². The number of Topliss-reactive ketones (excluding diaryl/α,β-unsaturated/α-hetero) is 1. The Morgan fingerprint density at radius 2 is 2.17 bits per heavy atom. The molecule has 4 nitrogen and oxygen atoms in total. The Balaban J connectivity index is 1.99. The van der Waals surface area contributed by atoms with Crippen molar-refractivity contribution in [3.8, 4) is 0 Å². The van der Waals surface area contributed by atoms with Crippen molar-refractivity contribution in [1.82, 2.24) is 5.32 Å². The van der Waals surface area contributed by atoms with E-state index < -0.39 is 11.5 Å². The molecule has 1 saturated carbocycles. The van der Waals surface area contributed by atoms with Crippen LogP contribution in [0.1, 0.15) is 33.6 Å². The van der Waals surface area contributed by atoms with Gasteiger partial charge in [0.2, 0.25) is 0 Å². The number of rotatable bonds is 4. The van der Waals surface area contributed by atoms with Gasteiger partial charge in [-0.25, -0.2) is 4.79 Å². The van der Waals surface area contributed by atoms with Crippen molar-refractivity contribution in [3.05, 3.63) is 12.2 Å². The molecule has 1 N–H and O–H groups in total. The van der Waals surface area contributed by atoms with Crippen LogP contribution >= 0.6 is 0 Å². The molecule has 18 heavy (non-hydrogen) atoms. The van der Waals surface area contributed by atoms with Gasteiger partial charge in [-0.3, -0.25) is 4.79 Å². The van der Waals surface area contributed by atoms with Crippen LogP contribution in [-0.2, 0) is 9.53 Å². The van der Waals surface area contributed by atoms with Gasteiger partial charge in [0, 0.05) is 6.04 Å². The predicted molar refractivity (Wildman–Crippen MR) is 68.1 cm³/mol. The molecule has 0 aromatic carbocycles. The Labute approximate surface area is 108 Å². The van der Waals surface area contributed by atoms with Gasteiger partial charge in [-0.2, -0.15) is 0 Å². The lowest BCUT2D eigenvalue weighted by Crippen LogP contribution is -2.41. The summed E-state index contributed by atoms with van der Waals surface area (Å²) in [5.41, 5.74) is -0.478. The van der Waals surface area contributed by atoms with E-state index in [1.54, 1.807) is 6.92 Å². The quantitative estimate of drug-likeness (QED) is 0.780. The number of alkyl carbamates (subject to hydrolysis) is 1. The molecule has 100 valence electrons. The van der Waals surface area contributed by atoms with Crippen LogP contribution < -0.4 is 5.32 Å². The summed E-state index contributed by atoms with van der Waals surface area (Å²) >= 11 is 0. The molecule has 0 spiro atoms. The number of hydrogen-bond donors (Lipinski definition) is 1. The molecule has 2 rings (SSSR count). The van der Waals surface area contributed by atoms with E-state index in [-0.39, 0.29) is 24.3 Å². The summed E-state index contributed by atoms with van der Waals surface area (Å²) in [6.07, 6.45) is 5.70. The van der Waals surface area contributed by atoms with Crippen molar-refractivity contribution in [1.29, 1.82) is 0 Å². The zero-order valence-electron chi connectivity index (χ0n) is 11.2. The molecule has 2 aliphatic carbocycles. The van der Waals surface area contributed by atoms with E-state index in [9.17, 15) is 9.59 Å². The first-order valence-corrected chi connectivity index (χ1v) is 6.56. The highest BCUT2D eigenvalue weighted by atomic mass is 16.5. The molecular weight excluding hydrogens is 230 g/mol. The topological polar surface area (TPSA) is 55.4 Å². The summed E-state index contributed by atoms with van der Waals surface area (Å²) in [5.74, 6) is 0.860. The maximum Gasteiger partial charge on any atom is 0.407 e. The van der Waals surface area contributed by atoms with Gasteiger partial charge < -0.3 is 10.1 Å². The maximum absolute atomic E-state index is 11.9. The van der Waals surface area contributed by atoms with E-state index in [0.717, 1.165) is 12.8 Å². The lowest BCUT2D eigenvalue weighted by molar-refractivity contribution is -0.130. The largest absolute Gasteiger partial charge is 0.448 e. The van der Waals surface area contributed by atoms with Crippen LogP contribution in [0, 0.1) is 17.3 Å². The fourth-order valence-electron chi connectivity index (χ4n) is 3.10. The molecule has 3 atom stereocenters. The minimum Gasteiger partial charge on any atom is -0.448 e. The zero-order valence-corrected chi connectivity index (χ0v) is 11.2. The lowest BCUT2D eigenvalue weighted by Gasteiger charge is -2.32. The van der Waals surface area contributed by atoms with Crippen molar-refractivity contribution >= 4 is 11.9 Å². The molecule has 0 unspecified atom stereocenters. The Kier molecular flexibility index (Phi) is 3.46. The monoisotopic (exact) mass is 251 g/mol. The molecule has 2 bridgehead atoms. The summed E-state index contributed by atoms with van der Waals surface area (Å²) < 4.78 is 5.25. The summed E-state index contributed by atoms with van der Waals surface area (Å²) in [7, 11) is 0. The van der Waals surface area contributed by atoms with E-state index in [0.29, 0.717) is 5.92 Å². The van der Waals surface area contributed by atoms with Gasteiger partial charge in [-0.1, -0.05) is 12.2 Å². The molecule has 0 saturated heterocycles. The van der Waals surface area contributed by atoms with E-state index in [2.05, 4.69) is 17.5 Å². The van der Waals surface area contributed by atoms with Crippen LogP contribution in [0.15, 0.2) is 12.2 Å². The third-order valence-corrected chi connectivity index (χ3v) is 4.08. The van der Waals surface area contributed by atoms with E-state index in [1.165, 1.54) is 0 Å². The summed E-state index contributed by atoms with van der Waals surface area (Å²) in [6.45, 7) is 5.56. The fraction of sp³-hybridized carbons (Fsp3) is 0.714. The SMILES string of the molecule is CC(=O)[C@@]1(COC(=O)NC(C)C)C[C@@H]2C=C[C@H]1C2. The standard InChI is InChI=1S/C14H21NO3/c1-9(2)15-13(17)18-8-14(10(3)16)7-11-4-5-12(14)6-11/h4-5,9,11-12H,6-8H2,1-3H3,(H,15,17)/t11-,12+,14+/m1/s1. The molecule has 1 amide bonds. The number of allylic oxidation sites excluding steroid dienone is 2. The minimum absolute atomic E-state index is 0.0469. The number of hydrogen-bond acceptors (Lipinski definition) is 3. The van der Waals surface area contributed by atoms with Gasteiger partial charge in [0.05, 0.1) is 5.41 Å². The molecule has 4 heteroatoms. The predicted octanol–water partition coefficient (Wildman–Crippen LogP) is 2.29. The normalized spacial score (nSPS) is 32.9. The zero-order chi connectivity index (χ0) is 13.3. The number of fused-ring (bicyclic) bond motifs is 2. The second kappa shape index (κ2) is 4.75. The summed E-state index contributed by atoms with van der Waals surface area (Å²) in [5, 5.41) is 2.68. The van der Waals surface area contributed by atoms with Crippen molar-refractivity contribution in [3.63, 3.8) is 0 Å². The van der Waals surface area contributed by atoms with Crippen molar-refractivity contribution in [2.24, 2.45) is 17.3 Å². The molecule has 1 fully saturated rings. The average Bonchev–Trinajstić information content (AvgIpc) is 2.85. The molecule has 0 aliphatic heterocycles. The van der Waals surface area contributed by atoms with Crippen molar-refractivity contribution < 1.29 is 14.3 Å². The Morgan fingerprint density at radius 1 is 1.44 bits per heavy atom. The van der Waals surface area contributed by atoms with E-state index in [1.807, 2.05) is 13.8 Å². The van der Waals surface area contributed by atoms with Gasteiger partial charge in [0.1, 0.15) is 12.4 Å². The maximum atomic E-state index is 11.9. The average molecular weight is 251 g/mol. The Morgan fingerprint density at radius 3 is 2.61 bits per heavy atom. The van der Waals surface area contributed by atoms with Crippen LogP contribution in [-0.4, -0.2) is 24.5 Å². The van der Waals surface area contributed by atoms with Crippen LogP contribution in [0.2, 0.25) is 0 Å². The van der Waals surface area contributed by atoms with E-state index >= 15 is 0 Å². The van der Waals surface area contributed by atoms with Crippen molar-refractivity contribution in [2.75, 3.05) is 6.61 Å². The second-order valence-corrected chi connectivity index (χ2v) is 5.78. The van der Waals surface area contributed by atoms with Gasteiger partial charge >= 0.3 is 6.09 Å². The highest BCUT2D eigenvalue weighted by Crippen LogP contribution is 2.52. The molecule has 0 radical (unpaired) electrons. The lowest BCUT2D eigenvalue weighted by atomic mass is 9.73. The highest BCUT2D eigenvalue weighted by Gasteiger charge is 2.52. The third-order valence-electron chi connectivity index (χ3n) is 4.08. The Bertz CT molecular complexity index is 389. The van der Waals surface area contributed by atoms with Crippen LogP contribution in [0.3, 0.4) is 0 Å². The number of amides is 1. The molecule has 0 heterocycles. The minimum atomic E-state index is -0.478. The summed E-state index contributed by atoms with van der Waals surface area (Å²) in [6, 6.07) is 0.0469. The number of carbonyl (C=O) groups is 2. The number of ketones is 1. The third kappa shape index (κ3) is 2.28. The fourth-order valence-corrected chi connectivity index (χ4v) is 3.10. The van der Waals surface area contributed by atoms with Crippen LogP contribution in [0.5, 0.6) is 0 Å². The van der Waals surface area contributed by atoms with Gasteiger partial charge in [-0.15, -0.1) is 0 Å². The number of nitrogens with one attached hydrogen (secondary N) is 1. The first kappa shape index (κ1) is 13.1. The Hall–Kier alpha value is -1.32. The van der Waals surface area contributed by atoms with Crippen LogP contribution in [0.4, 0.5) is 4.79 Å². The summed E-state index contributed by atoms with van der Waals surface area (Å²) in [4.78, 5) is 23.5. The van der Waals surface area contributed by atoms with Gasteiger partial charge in [-0.05, 0) is 45.4 Å². The van der Waals surface area contributed by atoms with Gasteiger partial charge in [0.15, 0.2) is 0 Å². The van der Waals surface area contributed by atoms with Gasteiger partial charge in [0.25, 0.3) is 0 Å². The molecule has 0 aromatic rings. The molecule has 2 aliphatic rings. The number of ether oxygens (including phenoxy) is 1.